The standard InChI is InChI=1S/C24H24N2O2/c1-16(20-8-5-6-10-23(20)28-2)26-24(27)15-25-19-11-12-22-18(14-19)13-17-7-3-4-9-21(17)22/h3-12,14,16,25H,13,15H2,1-2H3,(H,26,27). The minimum atomic E-state index is -0.125. The van der Waals surface area contributed by atoms with E-state index in [1.165, 1.54) is 22.3 Å². The Hall–Kier alpha value is -3.27. The van der Waals surface area contributed by atoms with Crippen LogP contribution in [0.1, 0.15) is 29.7 Å². The van der Waals surface area contributed by atoms with Gasteiger partial charge in [-0.05, 0) is 53.8 Å². The number of carbonyl (C=O) groups excluding carboxylic acids is 1. The topological polar surface area (TPSA) is 50.4 Å². The Morgan fingerprint density at radius 3 is 2.61 bits per heavy atom. The summed E-state index contributed by atoms with van der Waals surface area (Å²) in [7, 11) is 1.64. The SMILES string of the molecule is COc1ccccc1C(C)NC(=O)CNc1ccc2c(c1)Cc1ccccc1-2. The molecule has 3 aromatic rings. The maximum atomic E-state index is 12.4. The molecule has 0 fully saturated rings. The maximum absolute atomic E-state index is 12.4. The molecule has 28 heavy (non-hydrogen) atoms. The molecule has 2 N–H and O–H groups in total. The van der Waals surface area contributed by atoms with Crippen LogP contribution >= 0.6 is 0 Å². The highest BCUT2D eigenvalue weighted by Crippen LogP contribution is 2.37. The number of carbonyl (C=O) groups is 1. The second kappa shape index (κ2) is 7.77. The summed E-state index contributed by atoms with van der Waals surface area (Å²) in [5.74, 6) is 0.726. The van der Waals surface area contributed by atoms with Crippen molar-refractivity contribution in [3.63, 3.8) is 0 Å². The molecule has 0 radical (unpaired) electrons. The van der Waals surface area contributed by atoms with Crippen molar-refractivity contribution in [1.29, 1.82) is 0 Å². The van der Waals surface area contributed by atoms with E-state index in [1.54, 1.807) is 7.11 Å². The molecule has 4 nitrogen and oxygen atoms in total. The zero-order valence-electron chi connectivity index (χ0n) is 16.2. The number of ether oxygens (including phenoxy) is 1. The van der Waals surface area contributed by atoms with Crippen LogP contribution in [0.3, 0.4) is 0 Å². The molecule has 142 valence electrons. The van der Waals surface area contributed by atoms with Gasteiger partial charge in [-0.25, -0.2) is 0 Å². The fourth-order valence-electron chi connectivity index (χ4n) is 3.83. The summed E-state index contributed by atoms with van der Waals surface area (Å²) in [5.41, 5.74) is 7.19. The fraction of sp³-hybridized carbons (Fsp3) is 0.208. The van der Waals surface area contributed by atoms with Crippen LogP contribution in [0.25, 0.3) is 11.1 Å². The first-order chi connectivity index (χ1) is 13.7. The maximum Gasteiger partial charge on any atom is 0.239 e. The lowest BCUT2D eigenvalue weighted by Crippen LogP contribution is -2.32. The Labute approximate surface area is 165 Å². The van der Waals surface area contributed by atoms with Crippen LogP contribution in [-0.2, 0) is 11.2 Å². The first-order valence-corrected chi connectivity index (χ1v) is 9.53. The highest BCUT2D eigenvalue weighted by Gasteiger charge is 2.18. The van der Waals surface area contributed by atoms with E-state index in [1.807, 2.05) is 37.3 Å². The Kier molecular flexibility index (Phi) is 5.02. The molecule has 0 aromatic heterocycles. The van der Waals surface area contributed by atoms with Crippen LogP contribution < -0.4 is 15.4 Å². The van der Waals surface area contributed by atoms with Crippen molar-refractivity contribution in [3.05, 3.63) is 83.4 Å². The summed E-state index contributed by atoms with van der Waals surface area (Å²) in [6.07, 6.45) is 0.943. The Bertz CT molecular complexity index is 1010. The monoisotopic (exact) mass is 372 g/mol. The van der Waals surface area contributed by atoms with Crippen LogP contribution in [0.2, 0.25) is 0 Å². The van der Waals surface area contributed by atoms with Crippen LogP contribution in [-0.4, -0.2) is 19.6 Å². The van der Waals surface area contributed by atoms with Gasteiger partial charge in [0.25, 0.3) is 0 Å². The van der Waals surface area contributed by atoms with E-state index in [0.717, 1.165) is 23.4 Å². The third kappa shape index (κ3) is 3.58. The fourth-order valence-corrected chi connectivity index (χ4v) is 3.83. The normalized spacial score (nSPS) is 12.6. The van der Waals surface area contributed by atoms with E-state index in [9.17, 15) is 4.79 Å². The largest absolute Gasteiger partial charge is 0.496 e. The molecule has 1 unspecified atom stereocenters. The van der Waals surface area contributed by atoms with Crippen molar-refractivity contribution in [2.75, 3.05) is 19.0 Å². The van der Waals surface area contributed by atoms with Crippen LogP contribution in [0.5, 0.6) is 5.75 Å². The first kappa shape index (κ1) is 18.1. The number of hydrogen-bond acceptors (Lipinski definition) is 3. The quantitative estimate of drug-likeness (QED) is 0.522. The van der Waals surface area contributed by atoms with Gasteiger partial charge in [-0.1, -0.05) is 48.5 Å². The Morgan fingerprint density at radius 2 is 1.75 bits per heavy atom. The van der Waals surface area contributed by atoms with Gasteiger partial charge in [-0.2, -0.15) is 0 Å². The molecule has 0 heterocycles. The number of anilines is 1. The molecular weight excluding hydrogens is 348 g/mol. The summed E-state index contributed by atoms with van der Waals surface area (Å²) in [5, 5.41) is 6.27. The molecule has 0 aliphatic heterocycles. The number of amides is 1. The van der Waals surface area contributed by atoms with Gasteiger partial charge < -0.3 is 15.4 Å². The zero-order valence-corrected chi connectivity index (χ0v) is 16.2. The molecule has 0 saturated carbocycles. The van der Waals surface area contributed by atoms with Gasteiger partial charge in [0.2, 0.25) is 5.91 Å². The average molecular weight is 372 g/mol. The van der Waals surface area contributed by atoms with Crippen molar-refractivity contribution >= 4 is 11.6 Å². The number of hydrogen-bond donors (Lipinski definition) is 2. The molecule has 0 bridgehead atoms. The predicted molar refractivity (Wildman–Crippen MR) is 113 cm³/mol. The summed E-state index contributed by atoms with van der Waals surface area (Å²) < 4.78 is 5.38. The third-order valence-electron chi connectivity index (χ3n) is 5.23. The molecule has 4 heteroatoms. The van der Waals surface area contributed by atoms with Gasteiger partial charge in [0.05, 0.1) is 19.7 Å². The minimum Gasteiger partial charge on any atom is -0.496 e. The van der Waals surface area contributed by atoms with Gasteiger partial charge in [0.1, 0.15) is 5.75 Å². The third-order valence-corrected chi connectivity index (χ3v) is 5.23. The van der Waals surface area contributed by atoms with Gasteiger partial charge in [0, 0.05) is 11.3 Å². The van der Waals surface area contributed by atoms with E-state index in [2.05, 4.69) is 47.0 Å². The van der Waals surface area contributed by atoms with Crippen molar-refractivity contribution < 1.29 is 9.53 Å². The van der Waals surface area contributed by atoms with Crippen molar-refractivity contribution in [3.8, 4) is 16.9 Å². The predicted octanol–water partition coefficient (Wildman–Crippen LogP) is 4.56. The minimum absolute atomic E-state index is 0.0535. The van der Waals surface area contributed by atoms with E-state index in [0.29, 0.717) is 0 Å². The van der Waals surface area contributed by atoms with Crippen molar-refractivity contribution in [1.82, 2.24) is 5.32 Å². The molecule has 1 amide bonds. The Morgan fingerprint density at radius 1 is 1.00 bits per heavy atom. The van der Waals surface area contributed by atoms with Gasteiger partial charge in [0.15, 0.2) is 0 Å². The second-order valence-corrected chi connectivity index (χ2v) is 7.09. The highest BCUT2D eigenvalue weighted by atomic mass is 16.5. The van der Waals surface area contributed by atoms with Crippen LogP contribution in [0, 0.1) is 0 Å². The summed E-state index contributed by atoms with van der Waals surface area (Å²) in [6, 6.07) is 22.4. The number of methoxy groups -OCH3 is 1. The van der Waals surface area contributed by atoms with Gasteiger partial charge >= 0.3 is 0 Å². The van der Waals surface area contributed by atoms with E-state index in [-0.39, 0.29) is 18.5 Å². The molecule has 1 aliphatic rings. The molecule has 1 aliphatic carbocycles. The van der Waals surface area contributed by atoms with E-state index in [4.69, 9.17) is 4.74 Å². The highest BCUT2D eigenvalue weighted by molar-refractivity contribution is 5.82. The number of nitrogens with one attached hydrogen (secondary N) is 2. The molecule has 3 aromatic carbocycles. The van der Waals surface area contributed by atoms with Crippen LogP contribution in [0.15, 0.2) is 66.7 Å². The molecule has 0 spiro atoms. The van der Waals surface area contributed by atoms with E-state index < -0.39 is 0 Å². The van der Waals surface area contributed by atoms with Gasteiger partial charge in [-0.15, -0.1) is 0 Å². The summed E-state index contributed by atoms with van der Waals surface area (Å²) in [4.78, 5) is 12.4. The van der Waals surface area contributed by atoms with Crippen LogP contribution in [0.4, 0.5) is 5.69 Å². The molecule has 0 saturated heterocycles. The van der Waals surface area contributed by atoms with Crippen molar-refractivity contribution in [2.45, 2.75) is 19.4 Å². The summed E-state index contributed by atoms with van der Waals surface area (Å²) >= 11 is 0. The number of para-hydroxylation sites is 1. The lowest BCUT2D eigenvalue weighted by molar-refractivity contribution is -0.120. The lowest BCUT2D eigenvalue weighted by atomic mass is 10.1. The zero-order chi connectivity index (χ0) is 19.5. The first-order valence-electron chi connectivity index (χ1n) is 9.53. The van der Waals surface area contributed by atoms with Gasteiger partial charge in [-0.3, -0.25) is 4.79 Å². The van der Waals surface area contributed by atoms with E-state index >= 15 is 0 Å². The number of benzene rings is 3. The number of rotatable bonds is 6. The second-order valence-electron chi connectivity index (χ2n) is 7.09. The Balaban J connectivity index is 1.37. The molecular formula is C24H24N2O2. The smallest absolute Gasteiger partial charge is 0.239 e. The molecule has 4 rings (SSSR count). The summed E-state index contributed by atoms with van der Waals surface area (Å²) in [6.45, 7) is 2.19. The number of fused-ring (bicyclic) bond motifs is 3. The lowest BCUT2D eigenvalue weighted by Gasteiger charge is -2.17. The average Bonchev–Trinajstić information content (AvgIpc) is 3.10. The molecule has 1 atom stereocenters. The van der Waals surface area contributed by atoms with Crippen molar-refractivity contribution in [2.24, 2.45) is 0 Å².